The Labute approximate surface area is 86.5 Å². The number of diazo groups is 1. The maximum Gasteiger partial charge on any atom is 0.305 e. The quantitative estimate of drug-likeness (QED) is 0.536. The van der Waals surface area contributed by atoms with Crippen molar-refractivity contribution in [1.82, 2.24) is 10.7 Å². The van der Waals surface area contributed by atoms with Gasteiger partial charge < -0.3 is 4.90 Å². The van der Waals surface area contributed by atoms with Crippen LogP contribution in [0.25, 0.3) is 5.08 Å². The van der Waals surface area contributed by atoms with Crippen molar-refractivity contribution >= 4 is 17.3 Å². The van der Waals surface area contributed by atoms with E-state index in [0.717, 1.165) is 5.69 Å². The van der Waals surface area contributed by atoms with E-state index in [0.29, 0.717) is 5.69 Å². The Balaban J connectivity index is 2.37. The maximum absolute atomic E-state index is 11.7. The zero-order valence-corrected chi connectivity index (χ0v) is 8.08. The molecule has 0 saturated carbocycles. The number of carbonyl (C=O) groups excluding carboxylic acids is 1. The van der Waals surface area contributed by atoms with Gasteiger partial charge in [-0.1, -0.05) is 12.1 Å². The molecule has 1 radical (unpaired) electrons. The maximum atomic E-state index is 11.7. The van der Waals surface area contributed by atoms with Gasteiger partial charge in [0.15, 0.2) is 0 Å². The van der Waals surface area contributed by atoms with Crippen LogP contribution < -0.4 is 15.6 Å². The third-order valence-electron chi connectivity index (χ3n) is 2.26. The van der Waals surface area contributed by atoms with Gasteiger partial charge in [-0.2, -0.15) is 0 Å². The topological polar surface area (TPSA) is 74.6 Å². The molecule has 75 valence electrons. The highest BCUT2D eigenvalue weighted by atomic mass is 16.2. The zero-order chi connectivity index (χ0) is 10.8. The first-order valence-electron chi connectivity index (χ1n) is 4.41. The lowest BCUT2D eigenvalue weighted by Crippen LogP contribution is -2.50. The van der Waals surface area contributed by atoms with Gasteiger partial charge in [-0.15, -0.1) is 0 Å². The largest absolute Gasteiger partial charge is 0.310 e. The summed E-state index contributed by atoms with van der Waals surface area (Å²) in [5.74, 6) is -0.258. The van der Waals surface area contributed by atoms with E-state index in [2.05, 4.69) is 15.8 Å². The van der Waals surface area contributed by atoms with E-state index < -0.39 is 6.17 Å². The number of benzene rings is 1. The molecule has 1 amide bonds. The van der Waals surface area contributed by atoms with Gasteiger partial charge in [0.25, 0.3) is 17.5 Å². The molecule has 0 aromatic heterocycles. The number of amides is 1. The van der Waals surface area contributed by atoms with Crippen LogP contribution in [0, 0.1) is 5.39 Å². The van der Waals surface area contributed by atoms with E-state index in [1.54, 1.807) is 13.1 Å². The van der Waals surface area contributed by atoms with E-state index in [4.69, 9.17) is 5.39 Å². The van der Waals surface area contributed by atoms with Crippen LogP contribution in [0.3, 0.4) is 0 Å². The van der Waals surface area contributed by atoms with Crippen molar-refractivity contribution in [1.29, 1.82) is 5.39 Å². The Bertz CT molecular complexity index is 438. The van der Waals surface area contributed by atoms with Gasteiger partial charge >= 0.3 is 5.08 Å². The number of nitrogens with one attached hydrogen (secondary N) is 1. The SMILES string of the molecule is CN1C(=O)[C@H](N[N+]#N)[N]c2ccccc21. The minimum absolute atomic E-state index is 0.258. The molecule has 0 unspecified atom stereocenters. The first-order valence-corrected chi connectivity index (χ1v) is 4.41. The fourth-order valence-electron chi connectivity index (χ4n) is 1.49. The van der Waals surface area contributed by atoms with Crippen LogP contribution in [-0.2, 0) is 4.79 Å². The number of anilines is 1. The molecule has 0 spiro atoms. The molecule has 0 aliphatic carbocycles. The summed E-state index contributed by atoms with van der Waals surface area (Å²) < 4.78 is 0. The molecule has 1 aliphatic rings. The number of para-hydroxylation sites is 2. The monoisotopic (exact) mass is 203 g/mol. The number of rotatable bonds is 1. The van der Waals surface area contributed by atoms with Gasteiger partial charge in [0.1, 0.15) is 0 Å². The van der Waals surface area contributed by atoms with E-state index in [9.17, 15) is 4.79 Å². The smallest absolute Gasteiger partial charge is 0.305 e. The van der Waals surface area contributed by atoms with Gasteiger partial charge in [-0.3, -0.25) is 4.79 Å². The van der Waals surface area contributed by atoms with Gasteiger partial charge in [0, 0.05) is 7.05 Å². The van der Waals surface area contributed by atoms with Crippen molar-refractivity contribution in [3.63, 3.8) is 0 Å². The van der Waals surface area contributed by atoms with E-state index >= 15 is 0 Å². The molecule has 6 nitrogen and oxygen atoms in total. The van der Waals surface area contributed by atoms with Crippen LogP contribution in [0.5, 0.6) is 0 Å². The molecular formula is C9H9N5O+. The molecule has 2 rings (SSSR count). The number of likely N-dealkylation sites (N-methyl/N-ethyl adjacent to an activating group) is 1. The summed E-state index contributed by atoms with van der Waals surface area (Å²) in [5.41, 5.74) is 3.67. The Morgan fingerprint density at radius 1 is 1.53 bits per heavy atom. The van der Waals surface area contributed by atoms with Crippen molar-refractivity contribution in [2.24, 2.45) is 0 Å². The number of nitrogens with zero attached hydrogens (tertiary/aromatic N) is 4. The van der Waals surface area contributed by atoms with Crippen LogP contribution in [0.15, 0.2) is 24.3 Å². The van der Waals surface area contributed by atoms with Crippen LogP contribution in [-0.4, -0.2) is 19.1 Å². The third-order valence-corrected chi connectivity index (χ3v) is 2.26. The van der Waals surface area contributed by atoms with E-state index in [-0.39, 0.29) is 5.91 Å². The molecule has 6 heteroatoms. The predicted octanol–water partition coefficient (Wildman–Crippen LogP) is 0.583. The summed E-state index contributed by atoms with van der Waals surface area (Å²) in [5, 5.41) is 15.2. The number of carbonyl (C=O) groups is 1. The first-order chi connectivity index (χ1) is 7.24. The summed E-state index contributed by atoms with van der Waals surface area (Å²) in [6.07, 6.45) is -0.852. The Morgan fingerprint density at radius 2 is 2.27 bits per heavy atom. The van der Waals surface area contributed by atoms with Crippen molar-refractivity contribution < 1.29 is 4.79 Å². The summed E-state index contributed by atoms with van der Waals surface area (Å²) in [7, 11) is 1.65. The van der Waals surface area contributed by atoms with E-state index in [1.807, 2.05) is 18.2 Å². The second-order valence-corrected chi connectivity index (χ2v) is 3.15. The number of fused-ring (bicyclic) bond motifs is 1. The first kappa shape index (κ1) is 9.27. The van der Waals surface area contributed by atoms with Crippen molar-refractivity contribution in [2.45, 2.75) is 6.17 Å². The minimum atomic E-state index is -0.852. The molecule has 1 N–H and O–H groups in total. The average molecular weight is 203 g/mol. The number of hydrogen-bond donors (Lipinski definition) is 1. The Kier molecular flexibility index (Phi) is 2.14. The molecule has 0 bridgehead atoms. The highest BCUT2D eigenvalue weighted by molar-refractivity contribution is 6.01. The average Bonchev–Trinajstić information content (AvgIpc) is 2.26. The lowest BCUT2D eigenvalue weighted by Gasteiger charge is -2.27. The van der Waals surface area contributed by atoms with Crippen molar-refractivity contribution in [3.05, 3.63) is 29.4 Å². The van der Waals surface area contributed by atoms with Gasteiger partial charge in [-0.05, 0) is 17.6 Å². The second-order valence-electron chi connectivity index (χ2n) is 3.15. The van der Waals surface area contributed by atoms with Crippen LogP contribution in [0.2, 0.25) is 0 Å². The normalized spacial score (nSPS) is 18.8. The Hall–Kier alpha value is -2.29. The fraction of sp³-hybridized carbons (Fsp3) is 0.222. The van der Waals surface area contributed by atoms with Crippen molar-refractivity contribution in [2.75, 3.05) is 11.9 Å². The highest BCUT2D eigenvalue weighted by Gasteiger charge is 2.34. The molecule has 1 atom stereocenters. The molecule has 1 aromatic rings. The molecule has 15 heavy (non-hydrogen) atoms. The summed E-state index contributed by atoms with van der Waals surface area (Å²) >= 11 is 0. The van der Waals surface area contributed by atoms with Crippen LogP contribution >= 0.6 is 0 Å². The van der Waals surface area contributed by atoms with Crippen LogP contribution in [0.4, 0.5) is 11.4 Å². The molecule has 0 saturated heterocycles. The highest BCUT2D eigenvalue weighted by Crippen LogP contribution is 2.29. The van der Waals surface area contributed by atoms with E-state index in [1.165, 1.54) is 4.90 Å². The van der Waals surface area contributed by atoms with Gasteiger partial charge in [-0.25, -0.2) is 5.32 Å². The fourth-order valence-corrected chi connectivity index (χ4v) is 1.49. The molecular weight excluding hydrogens is 194 g/mol. The standard InChI is InChI=1S/C9H9N5O/c1-14-7-5-3-2-4-6(7)11-8(9(14)15)12-13-10/h2-5,8,12H,1H3/q+1/t8-/m0/s1. The van der Waals surface area contributed by atoms with Gasteiger partial charge in [0.2, 0.25) is 0 Å². The second kappa shape index (κ2) is 3.46. The van der Waals surface area contributed by atoms with Crippen LogP contribution in [0.1, 0.15) is 0 Å². The molecule has 1 aromatic carbocycles. The lowest BCUT2D eigenvalue weighted by atomic mass is 10.2. The summed E-state index contributed by atoms with van der Waals surface area (Å²) in [6.45, 7) is 0. The minimum Gasteiger partial charge on any atom is -0.310 e. The lowest BCUT2D eigenvalue weighted by molar-refractivity contribution is -0.121. The zero-order valence-electron chi connectivity index (χ0n) is 8.08. The molecule has 0 fully saturated rings. The van der Waals surface area contributed by atoms with Gasteiger partial charge in [0.05, 0.1) is 11.4 Å². The molecule has 1 heterocycles. The van der Waals surface area contributed by atoms with Crippen molar-refractivity contribution in [3.8, 4) is 0 Å². The summed E-state index contributed by atoms with van der Waals surface area (Å²) in [4.78, 5) is 13.2. The third kappa shape index (κ3) is 1.44. The summed E-state index contributed by atoms with van der Waals surface area (Å²) in [6, 6.07) is 7.27. The Morgan fingerprint density at radius 3 is 3.00 bits per heavy atom. The predicted molar refractivity (Wildman–Crippen MR) is 53.7 cm³/mol. The molecule has 1 aliphatic heterocycles. The number of hydrogen-bond acceptors (Lipinski definition) is 3.